The predicted molar refractivity (Wildman–Crippen MR) is 82.1 cm³/mol. The number of benzene rings is 1. The summed E-state index contributed by atoms with van der Waals surface area (Å²) in [4.78, 5) is 27.4. The van der Waals surface area contributed by atoms with Gasteiger partial charge in [-0.05, 0) is 24.8 Å². The van der Waals surface area contributed by atoms with Gasteiger partial charge in [-0.2, -0.15) is 0 Å². The summed E-state index contributed by atoms with van der Waals surface area (Å²) < 4.78 is 11.2. The van der Waals surface area contributed by atoms with Gasteiger partial charge >= 0.3 is 5.97 Å². The number of rotatable bonds is 3. The molecule has 5 nitrogen and oxygen atoms in total. The highest BCUT2D eigenvalue weighted by atomic mass is 16.6. The maximum Gasteiger partial charge on any atom is 0.348 e. The lowest BCUT2D eigenvalue weighted by Gasteiger charge is -2.40. The summed E-state index contributed by atoms with van der Waals surface area (Å²) in [7, 11) is 1.32. The Morgan fingerprint density at radius 1 is 1.39 bits per heavy atom. The largest absolute Gasteiger partial charge is 0.466 e. The van der Waals surface area contributed by atoms with Gasteiger partial charge in [-0.1, -0.05) is 37.3 Å². The van der Waals surface area contributed by atoms with Gasteiger partial charge in [-0.3, -0.25) is 4.79 Å². The fourth-order valence-electron chi connectivity index (χ4n) is 4.85. The Hall–Kier alpha value is -1.88. The number of carbonyl (C=O) groups excluding carboxylic acids is 2. The van der Waals surface area contributed by atoms with Crippen molar-refractivity contribution in [2.75, 3.05) is 7.11 Å². The molecule has 4 atom stereocenters. The third-order valence-electron chi connectivity index (χ3n) is 5.90. The van der Waals surface area contributed by atoms with Crippen molar-refractivity contribution in [2.24, 2.45) is 11.8 Å². The molecule has 2 aliphatic heterocycles. The summed E-state index contributed by atoms with van der Waals surface area (Å²) in [5.41, 5.74) is -1.04. The number of nitrogens with zero attached hydrogens (tertiary/aromatic N) is 1. The van der Waals surface area contributed by atoms with Crippen LogP contribution in [-0.4, -0.2) is 35.2 Å². The lowest BCUT2D eigenvalue weighted by molar-refractivity contribution is -0.172. The van der Waals surface area contributed by atoms with Crippen molar-refractivity contribution in [3.8, 4) is 0 Å². The predicted octanol–water partition coefficient (Wildman–Crippen LogP) is 2.10. The molecule has 1 spiro atoms. The number of hydrogen-bond donors (Lipinski definition) is 0. The van der Waals surface area contributed by atoms with Crippen molar-refractivity contribution in [3.05, 3.63) is 35.9 Å². The molecule has 2 bridgehead atoms. The third kappa shape index (κ3) is 1.66. The Kier molecular flexibility index (Phi) is 3.07. The molecule has 0 unspecified atom stereocenters. The van der Waals surface area contributed by atoms with Crippen LogP contribution in [0.3, 0.4) is 0 Å². The molecular weight excluding hydrogens is 294 g/mol. The number of ether oxygens (including phenoxy) is 2. The molecule has 122 valence electrons. The molecule has 1 aromatic rings. The van der Waals surface area contributed by atoms with Crippen molar-refractivity contribution >= 4 is 11.9 Å². The molecule has 4 rings (SSSR count). The molecule has 3 aliphatic rings. The van der Waals surface area contributed by atoms with Crippen molar-refractivity contribution in [3.63, 3.8) is 0 Å². The molecule has 0 radical (unpaired) electrons. The van der Waals surface area contributed by atoms with Crippen LogP contribution in [0.1, 0.15) is 31.7 Å². The first kappa shape index (κ1) is 14.7. The SMILES string of the molecule is COC(=O)[C@]12O[C@@]3(CCC[C@@H]3[C@H]1C)N(Cc1ccccc1)C2=O. The maximum absolute atomic E-state index is 13.1. The normalized spacial score (nSPS) is 38.0. The van der Waals surface area contributed by atoms with E-state index in [0.29, 0.717) is 6.54 Å². The Bertz CT molecular complexity index is 660. The van der Waals surface area contributed by atoms with Crippen LogP contribution in [0.4, 0.5) is 0 Å². The van der Waals surface area contributed by atoms with Crippen LogP contribution in [0.15, 0.2) is 30.3 Å². The van der Waals surface area contributed by atoms with Crippen LogP contribution in [0.2, 0.25) is 0 Å². The number of fused-ring (bicyclic) bond motifs is 1. The highest BCUT2D eigenvalue weighted by Gasteiger charge is 2.78. The van der Waals surface area contributed by atoms with Crippen LogP contribution in [0.25, 0.3) is 0 Å². The molecule has 2 saturated heterocycles. The number of piperidine rings is 1. The topological polar surface area (TPSA) is 55.8 Å². The van der Waals surface area contributed by atoms with Crippen molar-refractivity contribution in [1.82, 2.24) is 4.90 Å². The second-order valence-electron chi connectivity index (χ2n) is 6.84. The number of amides is 1. The number of hydrogen-bond acceptors (Lipinski definition) is 4. The van der Waals surface area contributed by atoms with Gasteiger partial charge in [0.25, 0.3) is 5.91 Å². The fourth-order valence-corrected chi connectivity index (χ4v) is 4.85. The van der Waals surface area contributed by atoms with E-state index in [1.165, 1.54) is 7.11 Å². The molecule has 0 N–H and O–H groups in total. The van der Waals surface area contributed by atoms with E-state index < -0.39 is 17.3 Å². The average molecular weight is 315 g/mol. The van der Waals surface area contributed by atoms with Gasteiger partial charge in [-0.15, -0.1) is 0 Å². The van der Waals surface area contributed by atoms with E-state index in [2.05, 4.69) is 0 Å². The summed E-state index contributed by atoms with van der Waals surface area (Å²) in [5, 5.41) is 0. The molecule has 1 aromatic carbocycles. The van der Waals surface area contributed by atoms with Gasteiger partial charge in [0, 0.05) is 18.4 Å². The summed E-state index contributed by atoms with van der Waals surface area (Å²) in [6.45, 7) is 2.42. The van der Waals surface area contributed by atoms with Gasteiger partial charge in [0.15, 0.2) is 0 Å². The number of esters is 1. The number of likely N-dealkylation sites (tertiary alicyclic amines) is 1. The highest BCUT2D eigenvalue weighted by molar-refractivity contribution is 6.09. The zero-order chi connectivity index (χ0) is 16.2. The smallest absolute Gasteiger partial charge is 0.348 e. The summed E-state index contributed by atoms with van der Waals surface area (Å²) in [5.74, 6) is -0.738. The average Bonchev–Trinajstić information content (AvgIpc) is 3.17. The summed E-state index contributed by atoms with van der Waals surface area (Å²) in [6.07, 6.45) is 2.79. The Balaban J connectivity index is 1.77. The third-order valence-corrected chi connectivity index (χ3v) is 5.90. The van der Waals surface area contributed by atoms with Gasteiger partial charge in [0.05, 0.1) is 7.11 Å². The van der Waals surface area contributed by atoms with Crippen LogP contribution in [0, 0.1) is 11.8 Å². The van der Waals surface area contributed by atoms with E-state index in [4.69, 9.17) is 9.47 Å². The van der Waals surface area contributed by atoms with E-state index in [9.17, 15) is 9.59 Å². The molecule has 1 amide bonds. The van der Waals surface area contributed by atoms with E-state index in [-0.39, 0.29) is 17.7 Å². The van der Waals surface area contributed by atoms with Gasteiger partial charge in [0.1, 0.15) is 5.72 Å². The van der Waals surface area contributed by atoms with E-state index in [1.54, 1.807) is 4.90 Å². The molecule has 3 fully saturated rings. The highest BCUT2D eigenvalue weighted by Crippen LogP contribution is 2.62. The van der Waals surface area contributed by atoms with Crippen molar-refractivity contribution < 1.29 is 19.1 Å². The lowest BCUT2D eigenvalue weighted by Crippen LogP contribution is -2.59. The van der Waals surface area contributed by atoms with Gasteiger partial charge in [0.2, 0.25) is 5.60 Å². The minimum Gasteiger partial charge on any atom is -0.466 e. The minimum atomic E-state index is -1.45. The second-order valence-corrected chi connectivity index (χ2v) is 6.84. The Morgan fingerprint density at radius 3 is 2.83 bits per heavy atom. The molecule has 1 aliphatic carbocycles. The maximum atomic E-state index is 13.1. The lowest BCUT2D eigenvalue weighted by atomic mass is 9.74. The first-order chi connectivity index (χ1) is 11.1. The van der Waals surface area contributed by atoms with Crippen LogP contribution < -0.4 is 0 Å². The van der Waals surface area contributed by atoms with E-state index >= 15 is 0 Å². The molecular formula is C18H21NO4. The molecule has 23 heavy (non-hydrogen) atoms. The fraction of sp³-hybridized carbons (Fsp3) is 0.556. The van der Waals surface area contributed by atoms with E-state index in [1.807, 2.05) is 37.3 Å². The number of carbonyl (C=O) groups is 2. The molecule has 2 heterocycles. The van der Waals surface area contributed by atoms with Gasteiger partial charge < -0.3 is 14.4 Å². The number of methoxy groups -OCH3 is 1. The Labute approximate surface area is 135 Å². The second kappa shape index (κ2) is 4.81. The first-order valence-electron chi connectivity index (χ1n) is 8.21. The standard InChI is InChI=1S/C18H21NO4/c1-12-14-9-6-10-17(14)19(11-13-7-4-3-5-8-13)15(20)18(12,23-17)16(21)22-2/h3-5,7-8,12,14H,6,9-11H2,1-2H3/t12-,14-,17-,18+/m1/s1. The van der Waals surface area contributed by atoms with Crippen molar-refractivity contribution in [2.45, 2.75) is 44.1 Å². The summed E-state index contributed by atoms with van der Waals surface area (Å²) in [6, 6.07) is 9.85. The van der Waals surface area contributed by atoms with Crippen molar-refractivity contribution in [1.29, 1.82) is 0 Å². The first-order valence-corrected chi connectivity index (χ1v) is 8.21. The monoisotopic (exact) mass is 315 g/mol. The summed E-state index contributed by atoms with van der Waals surface area (Å²) >= 11 is 0. The van der Waals surface area contributed by atoms with Gasteiger partial charge in [-0.25, -0.2) is 4.79 Å². The Morgan fingerprint density at radius 2 is 2.13 bits per heavy atom. The zero-order valence-electron chi connectivity index (χ0n) is 13.5. The molecule has 5 heteroatoms. The van der Waals surface area contributed by atoms with Crippen LogP contribution in [-0.2, 0) is 25.6 Å². The quantitative estimate of drug-likeness (QED) is 0.633. The minimum absolute atomic E-state index is 0.142. The molecule has 1 saturated carbocycles. The molecule has 0 aromatic heterocycles. The van der Waals surface area contributed by atoms with Crippen LogP contribution >= 0.6 is 0 Å². The van der Waals surface area contributed by atoms with Crippen LogP contribution in [0.5, 0.6) is 0 Å². The van der Waals surface area contributed by atoms with E-state index in [0.717, 1.165) is 24.8 Å². The zero-order valence-corrected chi connectivity index (χ0v) is 13.5.